The highest BCUT2D eigenvalue weighted by molar-refractivity contribution is 5.97. The number of benzene rings is 1. The zero-order valence-electron chi connectivity index (χ0n) is 11.6. The smallest absolute Gasteiger partial charge is 0.303 e. The van der Waals surface area contributed by atoms with Gasteiger partial charge in [-0.3, -0.25) is 9.59 Å². The number of hydrogen-bond acceptors (Lipinski definition) is 3. The molecule has 1 saturated heterocycles. The highest BCUT2D eigenvalue weighted by Crippen LogP contribution is 2.27. The number of carboxylic acid groups (broad SMARTS) is 1. The Labute approximate surface area is 122 Å². The predicted molar refractivity (Wildman–Crippen MR) is 73.6 cm³/mol. The van der Waals surface area contributed by atoms with Gasteiger partial charge in [0, 0.05) is 19.0 Å². The van der Waals surface area contributed by atoms with Crippen molar-refractivity contribution in [2.45, 2.75) is 38.1 Å². The second kappa shape index (κ2) is 6.56. The molecule has 0 aliphatic carbocycles. The number of hydrogen-bond donors (Lipinski definition) is 2. The Kier molecular flexibility index (Phi) is 4.77. The van der Waals surface area contributed by atoms with Gasteiger partial charge >= 0.3 is 5.97 Å². The Morgan fingerprint density at radius 3 is 2.81 bits per heavy atom. The van der Waals surface area contributed by atoms with Crippen molar-refractivity contribution in [3.63, 3.8) is 0 Å². The number of carbonyl (C=O) groups excluding carboxylic acids is 1. The minimum absolute atomic E-state index is 0.0103. The van der Waals surface area contributed by atoms with E-state index in [1.807, 2.05) is 0 Å². The maximum atomic E-state index is 13.4. The van der Waals surface area contributed by atoms with Crippen molar-refractivity contribution in [1.82, 2.24) is 4.90 Å². The van der Waals surface area contributed by atoms with Crippen LogP contribution in [0, 0.1) is 5.82 Å². The number of likely N-dealkylation sites (tertiary alicyclic amines) is 1. The van der Waals surface area contributed by atoms with Crippen LogP contribution in [-0.4, -0.2) is 39.6 Å². The van der Waals surface area contributed by atoms with E-state index in [0.717, 1.165) is 25.3 Å². The van der Waals surface area contributed by atoms with Gasteiger partial charge in [0.1, 0.15) is 0 Å². The molecule has 1 amide bonds. The van der Waals surface area contributed by atoms with Gasteiger partial charge in [-0.2, -0.15) is 0 Å². The van der Waals surface area contributed by atoms with Crippen molar-refractivity contribution < 1.29 is 24.2 Å². The normalized spacial score (nSPS) is 18.5. The van der Waals surface area contributed by atoms with Gasteiger partial charge < -0.3 is 15.1 Å². The first-order valence-corrected chi connectivity index (χ1v) is 7.01. The summed E-state index contributed by atoms with van der Waals surface area (Å²) in [5.74, 6) is -2.83. The van der Waals surface area contributed by atoms with Crippen LogP contribution in [0.3, 0.4) is 0 Å². The molecule has 1 aliphatic rings. The second-order valence-electron chi connectivity index (χ2n) is 5.22. The number of phenols is 1. The first-order valence-electron chi connectivity index (χ1n) is 7.01. The van der Waals surface area contributed by atoms with E-state index >= 15 is 0 Å². The Hall–Kier alpha value is -2.11. The molecule has 0 radical (unpaired) electrons. The average Bonchev–Trinajstić information content (AvgIpc) is 2.47. The standard InChI is InChI=1S/C15H18FNO4/c16-12-6-3-5-11(14(12)20)15(21)17-9-2-1-4-10(17)7-8-13(18)19/h3,5-6,10,20H,1-2,4,7-9H2,(H,18,19)/t10-/m1/s1. The molecule has 21 heavy (non-hydrogen) atoms. The van der Waals surface area contributed by atoms with Gasteiger partial charge in [-0.15, -0.1) is 0 Å². The second-order valence-corrected chi connectivity index (χ2v) is 5.22. The molecular formula is C15H18FNO4. The Balaban J connectivity index is 2.18. The van der Waals surface area contributed by atoms with Gasteiger partial charge in [-0.25, -0.2) is 4.39 Å². The Morgan fingerprint density at radius 1 is 1.33 bits per heavy atom. The highest BCUT2D eigenvalue weighted by atomic mass is 19.1. The zero-order valence-corrected chi connectivity index (χ0v) is 11.6. The lowest BCUT2D eigenvalue weighted by atomic mass is 9.96. The van der Waals surface area contributed by atoms with Gasteiger partial charge in [0.2, 0.25) is 0 Å². The average molecular weight is 295 g/mol. The molecule has 1 heterocycles. The van der Waals surface area contributed by atoms with Gasteiger partial charge in [-0.1, -0.05) is 6.07 Å². The van der Waals surface area contributed by atoms with E-state index in [1.165, 1.54) is 12.1 Å². The van der Waals surface area contributed by atoms with E-state index in [9.17, 15) is 19.1 Å². The lowest BCUT2D eigenvalue weighted by Gasteiger charge is -2.35. The third kappa shape index (κ3) is 3.51. The number of carbonyl (C=O) groups is 2. The Bertz CT molecular complexity index is 546. The highest BCUT2D eigenvalue weighted by Gasteiger charge is 2.29. The minimum atomic E-state index is -0.901. The van der Waals surface area contributed by atoms with Crippen LogP contribution in [0.2, 0.25) is 0 Å². The molecule has 1 aromatic rings. The maximum Gasteiger partial charge on any atom is 0.303 e. The fourth-order valence-electron chi connectivity index (χ4n) is 2.70. The van der Waals surface area contributed by atoms with Crippen LogP contribution in [0.5, 0.6) is 5.75 Å². The summed E-state index contributed by atoms with van der Waals surface area (Å²) in [4.78, 5) is 24.7. The number of phenolic OH excluding ortho intramolecular Hbond substituents is 1. The van der Waals surface area contributed by atoms with Crippen molar-refractivity contribution >= 4 is 11.9 Å². The molecule has 1 aromatic carbocycles. The van der Waals surface area contributed by atoms with Crippen molar-refractivity contribution in [3.8, 4) is 5.75 Å². The van der Waals surface area contributed by atoms with Gasteiger partial charge in [0.05, 0.1) is 5.56 Å². The van der Waals surface area contributed by atoms with E-state index < -0.39 is 23.4 Å². The summed E-state index contributed by atoms with van der Waals surface area (Å²) < 4.78 is 13.4. The molecule has 2 N–H and O–H groups in total. The molecule has 0 unspecified atom stereocenters. The van der Waals surface area contributed by atoms with Crippen LogP contribution in [0.15, 0.2) is 18.2 Å². The Morgan fingerprint density at radius 2 is 2.10 bits per heavy atom. The number of piperidine rings is 1. The zero-order chi connectivity index (χ0) is 15.4. The summed E-state index contributed by atoms with van der Waals surface area (Å²) in [5.41, 5.74) is -0.0720. The van der Waals surface area contributed by atoms with Crippen molar-refractivity contribution in [2.24, 2.45) is 0 Å². The molecule has 1 atom stereocenters. The SMILES string of the molecule is O=C(O)CC[C@H]1CCCCN1C(=O)c1cccc(F)c1O. The topological polar surface area (TPSA) is 77.8 Å². The number of carboxylic acids is 1. The molecule has 0 bridgehead atoms. The molecule has 2 rings (SSSR count). The molecule has 114 valence electrons. The van der Waals surface area contributed by atoms with Crippen molar-refractivity contribution in [2.75, 3.05) is 6.54 Å². The summed E-state index contributed by atoms with van der Waals surface area (Å²) in [6, 6.07) is 3.66. The van der Waals surface area contributed by atoms with Gasteiger partial charge in [-0.05, 0) is 37.8 Å². The first-order chi connectivity index (χ1) is 10.0. The largest absolute Gasteiger partial charge is 0.504 e. The van der Waals surface area contributed by atoms with Crippen LogP contribution in [0.1, 0.15) is 42.5 Å². The van der Waals surface area contributed by atoms with E-state index in [4.69, 9.17) is 5.11 Å². The molecule has 6 heteroatoms. The van der Waals surface area contributed by atoms with Crippen LogP contribution in [-0.2, 0) is 4.79 Å². The lowest BCUT2D eigenvalue weighted by molar-refractivity contribution is -0.137. The summed E-state index contributed by atoms with van der Waals surface area (Å²) in [5, 5.41) is 18.5. The van der Waals surface area contributed by atoms with Crippen LogP contribution >= 0.6 is 0 Å². The van der Waals surface area contributed by atoms with Crippen molar-refractivity contribution in [3.05, 3.63) is 29.6 Å². The number of aliphatic carboxylic acids is 1. The summed E-state index contributed by atoms with van der Waals surface area (Å²) in [6.45, 7) is 0.499. The number of para-hydroxylation sites is 1. The summed E-state index contributed by atoms with van der Waals surface area (Å²) in [7, 11) is 0. The summed E-state index contributed by atoms with van der Waals surface area (Å²) >= 11 is 0. The lowest BCUT2D eigenvalue weighted by Crippen LogP contribution is -2.44. The van der Waals surface area contributed by atoms with Crippen LogP contribution in [0.25, 0.3) is 0 Å². The number of rotatable bonds is 4. The number of aromatic hydroxyl groups is 1. The fraction of sp³-hybridized carbons (Fsp3) is 0.467. The molecule has 1 aliphatic heterocycles. The quantitative estimate of drug-likeness (QED) is 0.894. The predicted octanol–water partition coefficient (Wildman–Crippen LogP) is 2.39. The van der Waals surface area contributed by atoms with E-state index in [1.54, 1.807) is 4.90 Å². The molecule has 0 aromatic heterocycles. The molecule has 5 nitrogen and oxygen atoms in total. The number of halogens is 1. The van der Waals surface area contributed by atoms with E-state index in [-0.39, 0.29) is 18.0 Å². The van der Waals surface area contributed by atoms with Gasteiger partial charge in [0.25, 0.3) is 5.91 Å². The first kappa shape index (κ1) is 15.3. The maximum absolute atomic E-state index is 13.4. The van der Waals surface area contributed by atoms with Crippen molar-refractivity contribution in [1.29, 1.82) is 0 Å². The van der Waals surface area contributed by atoms with Crippen LogP contribution < -0.4 is 0 Å². The molecular weight excluding hydrogens is 277 g/mol. The monoisotopic (exact) mass is 295 g/mol. The molecule has 0 saturated carbocycles. The summed E-state index contributed by atoms with van der Waals surface area (Å²) in [6.07, 6.45) is 2.85. The molecule has 1 fully saturated rings. The third-order valence-corrected chi connectivity index (χ3v) is 3.80. The molecule has 0 spiro atoms. The number of nitrogens with zero attached hydrogens (tertiary/aromatic N) is 1. The van der Waals surface area contributed by atoms with E-state index in [2.05, 4.69) is 0 Å². The minimum Gasteiger partial charge on any atom is -0.504 e. The number of amides is 1. The van der Waals surface area contributed by atoms with Gasteiger partial charge in [0.15, 0.2) is 11.6 Å². The fourth-order valence-corrected chi connectivity index (χ4v) is 2.70. The van der Waals surface area contributed by atoms with E-state index in [0.29, 0.717) is 13.0 Å². The third-order valence-electron chi connectivity index (χ3n) is 3.80. The van der Waals surface area contributed by atoms with Crippen LogP contribution in [0.4, 0.5) is 4.39 Å².